The van der Waals surface area contributed by atoms with E-state index in [1.807, 2.05) is 6.07 Å². The van der Waals surface area contributed by atoms with Gasteiger partial charge in [0.25, 0.3) is 5.91 Å². The van der Waals surface area contributed by atoms with Crippen LogP contribution in [0.3, 0.4) is 0 Å². The van der Waals surface area contributed by atoms with Gasteiger partial charge in [-0.1, -0.05) is 11.6 Å². The number of methoxy groups -OCH3 is 1. The topological polar surface area (TPSA) is 50.8 Å². The standard InChI is InChI=1S/C18H25ClN2O3/c1-23-9-2-6-21-7-3-15(4-8-21)20-18(22)16-12-14(19)11-13-5-10-24-17(13)16/h11-12,15H,2-10H2,1H3,(H,20,22). The average Bonchev–Trinajstić information content (AvgIpc) is 3.04. The highest BCUT2D eigenvalue weighted by Crippen LogP contribution is 2.33. The molecule has 0 saturated carbocycles. The monoisotopic (exact) mass is 352 g/mol. The Hall–Kier alpha value is -1.30. The van der Waals surface area contributed by atoms with E-state index in [0.717, 1.165) is 57.5 Å². The van der Waals surface area contributed by atoms with Gasteiger partial charge in [0.2, 0.25) is 0 Å². The van der Waals surface area contributed by atoms with Crippen LogP contribution < -0.4 is 10.1 Å². The molecule has 5 nitrogen and oxygen atoms in total. The van der Waals surface area contributed by atoms with Crippen LogP contribution in [0.4, 0.5) is 0 Å². The Labute approximate surface area is 148 Å². The Balaban J connectivity index is 1.54. The van der Waals surface area contributed by atoms with Gasteiger partial charge in [-0.15, -0.1) is 0 Å². The van der Waals surface area contributed by atoms with Gasteiger partial charge in [0.15, 0.2) is 0 Å². The van der Waals surface area contributed by atoms with E-state index in [-0.39, 0.29) is 11.9 Å². The number of likely N-dealkylation sites (tertiary alicyclic amines) is 1. The Bertz CT molecular complexity index is 586. The number of benzene rings is 1. The fraction of sp³-hybridized carbons (Fsp3) is 0.611. The minimum Gasteiger partial charge on any atom is -0.492 e. The minimum absolute atomic E-state index is 0.0755. The van der Waals surface area contributed by atoms with E-state index >= 15 is 0 Å². The molecular weight excluding hydrogens is 328 g/mol. The second kappa shape index (κ2) is 8.19. The number of hydrogen-bond donors (Lipinski definition) is 1. The number of fused-ring (bicyclic) bond motifs is 1. The van der Waals surface area contributed by atoms with Gasteiger partial charge < -0.3 is 19.7 Å². The van der Waals surface area contributed by atoms with Gasteiger partial charge in [-0.2, -0.15) is 0 Å². The molecule has 0 aromatic heterocycles. The summed E-state index contributed by atoms with van der Waals surface area (Å²) in [6, 6.07) is 3.81. The maximum absolute atomic E-state index is 12.6. The lowest BCUT2D eigenvalue weighted by Crippen LogP contribution is -2.45. The van der Waals surface area contributed by atoms with Gasteiger partial charge >= 0.3 is 0 Å². The molecule has 1 fully saturated rings. The maximum Gasteiger partial charge on any atom is 0.255 e. The zero-order chi connectivity index (χ0) is 16.9. The SMILES string of the molecule is COCCCN1CCC(NC(=O)c2cc(Cl)cc3c2OCC3)CC1. The first-order valence-electron chi connectivity index (χ1n) is 8.64. The van der Waals surface area contributed by atoms with E-state index in [0.29, 0.717) is 22.9 Å². The molecule has 0 spiro atoms. The number of carbonyl (C=O) groups excluding carboxylic acids is 1. The molecule has 2 heterocycles. The highest BCUT2D eigenvalue weighted by atomic mass is 35.5. The predicted molar refractivity (Wildman–Crippen MR) is 94.1 cm³/mol. The molecule has 1 N–H and O–H groups in total. The molecule has 6 heteroatoms. The zero-order valence-electron chi connectivity index (χ0n) is 14.1. The van der Waals surface area contributed by atoms with Gasteiger partial charge in [-0.3, -0.25) is 4.79 Å². The van der Waals surface area contributed by atoms with Crippen LogP contribution in [0.1, 0.15) is 35.2 Å². The largest absolute Gasteiger partial charge is 0.492 e. The molecule has 1 aromatic rings. The Kier molecular flexibility index (Phi) is 5.98. The second-order valence-electron chi connectivity index (χ2n) is 6.48. The summed E-state index contributed by atoms with van der Waals surface area (Å²) in [4.78, 5) is 15.1. The quantitative estimate of drug-likeness (QED) is 0.799. The van der Waals surface area contributed by atoms with Crippen molar-refractivity contribution in [2.45, 2.75) is 31.7 Å². The van der Waals surface area contributed by atoms with Crippen LogP contribution in [0.5, 0.6) is 5.75 Å². The fourth-order valence-corrected chi connectivity index (χ4v) is 3.68. The zero-order valence-corrected chi connectivity index (χ0v) is 14.9. The van der Waals surface area contributed by atoms with Crippen molar-refractivity contribution >= 4 is 17.5 Å². The normalized spacial score (nSPS) is 18.2. The summed E-state index contributed by atoms with van der Waals surface area (Å²) >= 11 is 6.14. The molecule has 0 radical (unpaired) electrons. The summed E-state index contributed by atoms with van der Waals surface area (Å²) in [7, 11) is 1.73. The van der Waals surface area contributed by atoms with Crippen LogP contribution in [0.15, 0.2) is 12.1 Å². The first-order valence-corrected chi connectivity index (χ1v) is 9.02. The lowest BCUT2D eigenvalue weighted by Gasteiger charge is -2.32. The van der Waals surface area contributed by atoms with Gasteiger partial charge in [-0.25, -0.2) is 0 Å². The van der Waals surface area contributed by atoms with E-state index in [1.54, 1.807) is 13.2 Å². The molecule has 0 bridgehead atoms. The predicted octanol–water partition coefficient (Wildman–Crippen LogP) is 2.51. The average molecular weight is 353 g/mol. The van der Waals surface area contributed by atoms with Gasteiger partial charge in [0.1, 0.15) is 5.75 Å². The van der Waals surface area contributed by atoms with E-state index in [9.17, 15) is 4.79 Å². The molecular formula is C18H25ClN2O3. The van der Waals surface area contributed by atoms with Crippen molar-refractivity contribution in [3.05, 3.63) is 28.3 Å². The van der Waals surface area contributed by atoms with Crippen LogP contribution in [-0.4, -0.2) is 56.8 Å². The summed E-state index contributed by atoms with van der Waals surface area (Å²) in [5, 5.41) is 3.75. The third-order valence-electron chi connectivity index (χ3n) is 4.74. The number of nitrogens with zero attached hydrogens (tertiary/aromatic N) is 1. The summed E-state index contributed by atoms with van der Waals surface area (Å²) < 4.78 is 10.7. The molecule has 1 amide bonds. The first-order chi connectivity index (χ1) is 11.7. The van der Waals surface area contributed by atoms with Crippen molar-refractivity contribution in [2.75, 3.05) is 40.0 Å². The lowest BCUT2D eigenvalue weighted by molar-refractivity contribution is 0.0904. The fourth-order valence-electron chi connectivity index (χ4n) is 3.43. The summed E-state index contributed by atoms with van der Waals surface area (Å²) in [5.41, 5.74) is 1.60. The molecule has 0 atom stereocenters. The van der Waals surface area contributed by atoms with Crippen molar-refractivity contribution in [3.8, 4) is 5.75 Å². The number of carbonyl (C=O) groups is 1. The molecule has 1 aromatic carbocycles. The van der Waals surface area contributed by atoms with Crippen LogP contribution >= 0.6 is 11.6 Å². The molecule has 24 heavy (non-hydrogen) atoms. The lowest BCUT2D eigenvalue weighted by atomic mass is 10.0. The van der Waals surface area contributed by atoms with E-state index in [1.165, 1.54) is 0 Å². The first kappa shape index (κ1) is 17.5. The van der Waals surface area contributed by atoms with E-state index < -0.39 is 0 Å². The van der Waals surface area contributed by atoms with Crippen molar-refractivity contribution in [3.63, 3.8) is 0 Å². The van der Waals surface area contributed by atoms with Gasteiger partial charge in [0, 0.05) is 50.8 Å². The number of piperidine rings is 1. The Morgan fingerprint density at radius 1 is 1.42 bits per heavy atom. The number of hydrogen-bond acceptors (Lipinski definition) is 4. The third kappa shape index (κ3) is 4.21. The van der Waals surface area contributed by atoms with Crippen LogP contribution in [0, 0.1) is 0 Å². The number of nitrogens with one attached hydrogen (secondary N) is 1. The Morgan fingerprint density at radius 2 is 2.21 bits per heavy atom. The smallest absolute Gasteiger partial charge is 0.255 e. The van der Waals surface area contributed by atoms with Gasteiger partial charge in [-0.05, 0) is 37.0 Å². The van der Waals surface area contributed by atoms with Crippen LogP contribution in [-0.2, 0) is 11.2 Å². The summed E-state index contributed by atoms with van der Waals surface area (Å²) in [6.45, 7) is 4.51. The minimum atomic E-state index is -0.0755. The molecule has 2 aliphatic heterocycles. The number of rotatable bonds is 6. The molecule has 0 unspecified atom stereocenters. The number of amides is 1. The van der Waals surface area contributed by atoms with Crippen molar-refractivity contribution in [1.29, 1.82) is 0 Å². The van der Waals surface area contributed by atoms with Crippen LogP contribution in [0.25, 0.3) is 0 Å². The molecule has 0 aliphatic carbocycles. The highest BCUT2D eigenvalue weighted by Gasteiger charge is 2.25. The maximum atomic E-state index is 12.6. The van der Waals surface area contributed by atoms with E-state index in [4.69, 9.17) is 21.1 Å². The van der Waals surface area contributed by atoms with Gasteiger partial charge in [0.05, 0.1) is 12.2 Å². The highest BCUT2D eigenvalue weighted by molar-refractivity contribution is 6.31. The van der Waals surface area contributed by atoms with Crippen LogP contribution in [0.2, 0.25) is 5.02 Å². The number of halogens is 1. The summed E-state index contributed by atoms with van der Waals surface area (Å²) in [5.74, 6) is 0.627. The van der Waals surface area contributed by atoms with E-state index in [2.05, 4.69) is 10.2 Å². The molecule has 132 valence electrons. The number of ether oxygens (including phenoxy) is 2. The van der Waals surface area contributed by atoms with Crippen molar-refractivity contribution in [1.82, 2.24) is 10.2 Å². The van der Waals surface area contributed by atoms with Crippen molar-refractivity contribution < 1.29 is 14.3 Å². The third-order valence-corrected chi connectivity index (χ3v) is 4.96. The summed E-state index contributed by atoms with van der Waals surface area (Å²) in [6.07, 6.45) is 3.82. The molecule has 1 saturated heterocycles. The molecule has 2 aliphatic rings. The Morgan fingerprint density at radius 3 is 2.96 bits per heavy atom. The molecule has 3 rings (SSSR count). The second-order valence-corrected chi connectivity index (χ2v) is 6.91. The van der Waals surface area contributed by atoms with Crippen molar-refractivity contribution in [2.24, 2.45) is 0 Å².